The molecule has 1 fully saturated rings. The third kappa shape index (κ3) is 3.30. The van der Waals surface area contributed by atoms with Crippen molar-refractivity contribution in [2.24, 2.45) is 11.8 Å². The van der Waals surface area contributed by atoms with Crippen LogP contribution in [0.4, 0.5) is 0 Å². The Bertz CT molecular complexity index is 961. The van der Waals surface area contributed by atoms with Crippen molar-refractivity contribution in [2.75, 3.05) is 7.04 Å². The molecule has 0 aromatic heterocycles. The summed E-state index contributed by atoms with van der Waals surface area (Å²) in [7, 11) is -3.17. The minimum atomic E-state index is -2.59. The average molecular weight is 384 g/mol. The highest BCUT2D eigenvalue weighted by Gasteiger charge is 2.39. The number of nitrogens with zero attached hydrogens (tertiary/aromatic N) is 1. The molecule has 0 N–H and O–H groups in total. The van der Waals surface area contributed by atoms with Gasteiger partial charge in [-0.05, 0) is 74.6 Å². The molecule has 0 spiro atoms. The quantitative estimate of drug-likeness (QED) is 0.353. The molecule has 0 saturated heterocycles. The normalized spacial score (nSPS) is 28.3. The van der Waals surface area contributed by atoms with Gasteiger partial charge in [0.05, 0.1) is 16.7 Å². The molecular formula is C22H24NO3P. The summed E-state index contributed by atoms with van der Waals surface area (Å²) in [6, 6.07) is 6.83. The molecule has 0 heterocycles. The summed E-state index contributed by atoms with van der Waals surface area (Å²) in [5.41, 5.74) is 4.93. The SMILES string of the molecule is [2H]C([2H])([2H])O/C(=C1\C2CCCC1C1=C(CCCC1)C2)c1ccc(C#N)c(OP=O)c1. The van der Waals surface area contributed by atoms with Crippen LogP contribution in [0.25, 0.3) is 5.76 Å². The molecule has 4 nitrogen and oxygen atoms in total. The maximum absolute atomic E-state index is 11.0. The molecule has 2 unspecified atom stereocenters. The van der Waals surface area contributed by atoms with Gasteiger partial charge in [0.15, 0.2) is 5.75 Å². The van der Waals surface area contributed by atoms with Crippen molar-refractivity contribution in [1.29, 1.82) is 5.26 Å². The number of allylic oxidation sites excluding steroid dienone is 3. The summed E-state index contributed by atoms with van der Waals surface area (Å²) in [4.78, 5) is 0. The molecule has 2 atom stereocenters. The number of methoxy groups -OCH3 is 1. The molecule has 4 rings (SSSR count). The van der Waals surface area contributed by atoms with Gasteiger partial charge in [0, 0.05) is 11.5 Å². The van der Waals surface area contributed by atoms with Crippen LogP contribution in [-0.2, 0) is 9.30 Å². The first-order chi connectivity index (χ1) is 14.4. The number of benzene rings is 1. The smallest absolute Gasteiger partial charge is 0.395 e. The third-order valence-corrected chi connectivity index (χ3v) is 6.54. The summed E-state index contributed by atoms with van der Waals surface area (Å²) in [5, 5.41) is 9.30. The predicted molar refractivity (Wildman–Crippen MR) is 104 cm³/mol. The van der Waals surface area contributed by atoms with Crippen molar-refractivity contribution < 1.29 is 17.9 Å². The molecule has 2 bridgehead atoms. The van der Waals surface area contributed by atoms with Gasteiger partial charge in [0.2, 0.25) is 0 Å². The second kappa shape index (κ2) is 7.87. The van der Waals surface area contributed by atoms with E-state index in [9.17, 15) is 9.83 Å². The fourth-order valence-electron chi connectivity index (χ4n) is 5.18. The van der Waals surface area contributed by atoms with Crippen LogP contribution in [0.1, 0.15) is 66.6 Å². The molecule has 3 aliphatic carbocycles. The van der Waals surface area contributed by atoms with E-state index in [0.29, 0.717) is 11.3 Å². The number of hydrogen-bond acceptors (Lipinski definition) is 4. The number of nitriles is 1. The zero-order valence-corrected chi connectivity index (χ0v) is 16.1. The Morgan fingerprint density at radius 2 is 2.19 bits per heavy atom. The van der Waals surface area contributed by atoms with E-state index in [1.165, 1.54) is 18.4 Å². The van der Waals surface area contributed by atoms with Gasteiger partial charge in [0.25, 0.3) is 0 Å². The molecule has 0 amide bonds. The molecule has 27 heavy (non-hydrogen) atoms. The molecule has 1 aromatic rings. The van der Waals surface area contributed by atoms with Gasteiger partial charge >= 0.3 is 8.69 Å². The highest BCUT2D eigenvalue weighted by molar-refractivity contribution is 7.17. The minimum Gasteiger partial charge on any atom is -0.496 e. The fraction of sp³-hybridized carbons (Fsp3) is 0.500. The van der Waals surface area contributed by atoms with Crippen LogP contribution in [0.2, 0.25) is 0 Å². The van der Waals surface area contributed by atoms with E-state index >= 15 is 0 Å². The molecule has 0 aliphatic heterocycles. The third-order valence-electron chi connectivity index (χ3n) is 6.27. The van der Waals surface area contributed by atoms with E-state index in [0.717, 1.165) is 44.1 Å². The fourth-order valence-corrected chi connectivity index (χ4v) is 5.41. The van der Waals surface area contributed by atoms with Crippen molar-refractivity contribution in [3.05, 3.63) is 46.0 Å². The lowest BCUT2D eigenvalue weighted by Gasteiger charge is -2.43. The van der Waals surface area contributed by atoms with Gasteiger partial charge in [-0.3, -0.25) is 0 Å². The molecule has 5 heteroatoms. The Labute approximate surface area is 166 Å². The number of ether oxygens (including phenoxy) is 1. The topological polar surface area (TPSA) is 59.3 Å². The Hall–Kier alpha value is -2.11. The van der Waals surface area contributed by atoms with Crippen molar-refractivity contribution in [3.63, 3.8) is 0 Å². The van der Waals surface area contributed by atoms with Gasteiger partial charge < -0.3 is 9.26 Å². The largest absolute Gasteiger partial charge is 0.496 e. The second-order valence-corrected chi connectivity index (χ2v) is 7.93. The monoisotopic (exact) mass is 384 g/mol. The molecule has 1 saturated carbocycles. The standard InChI is InChI=1S/C22H24NO3P/c1-25-22(16-9-10-17(13-23)20(12-16)26-27-24)21-15-6-4-8-19(21)18-7-3-2-5-14(18)11-15/h9-10,12,15,19H,2-8,11H2,1H3/b22-21+/i1D3. The van der Waals surface area contributed by atoms with Gasteiger partial charge in [-0.2, -0.15) is 5.26 Å². The van der Waals surface area contributed by atoms with Gasteiger partial charge in [-0.15, -0.1) is 0 Å². The van der Waals surface area contributed by atoms with Crippen LogP contribution in [0.3, 0.4) is 0 Å². The van der Waals surface area contributed by atoms with Crippen LogP contribution in [0.5, 0.6) is 5.75 Å². The van der Waals surface area contributed by atoms with Gasteiger partial charge in [-0.1, -0.05) is 17.6 Å². The molecule has 0 radical (unpaired) electrons. The Balaban J connectivity index is 1.88. The highest BCUT2D eigenvalue weighted by Crippen LogP contribution is 2.53. The molecular weight excluding hydrogens is 357 g/mol. The van der Waals surface area contributed by atoms with Crippen molar-refractivity contribution in [1.82, 2.24) is 0 Å². The van der Waals surface area contributed by atoms with E-state index in [4.69, 9.17) is 13.4 Å². The number of fused-ring (bicyclic) bond motifs is 3. The summed E-state index contributed by atoms with van der Waals surface area (Å²) >= 11 is 0. The Morgan fingerprint density at radius 1 is 1.30 bits per heavy atom. The van der Waals surface area contributed by atoms with E-state index in [-0.39, 0.29) is 23.1 Å². The molecule has 1 aromatic carbocycles. The van der Waals surface area contributed by atoms with Crippen molar-refractivity contribution >= 4 is 14.4 Å². The summed E-state index contributed by atoms with van der Waals surface area (Å²) < 4.78 is 45.0. The van der Waals surface area contributed by atoms with Crippen molar-refractivity contribution in [2.45, 2.75) is 51.4 Å². The summed E-state index contributed by atoms with van der Waals surface area (Å²) in [6.07, 6.45) is 8.80. The lowest BCUT2D eigenvalue weighted by molar-refractivity contribution is 0.311. The first kappa shape index (κ1) is 14.9. The molecule has 140 valence electrons. The summed E-state index contributed by atoms with van der Waals surface area (Å²) in [5.74, 6) is 1.02. The predicted octanol–water partition coefficient (Wildman–Crippen LogP) is 6.19. The molecule has 3 aliphatic rings. The highest BCUT2D eigenvalue weighted by atomic mass is 31.1. The van der Waals surface area contributed by atoms with Crippen LogP contribution in [-0.4, -0.2) is 7.04 Å². The van der Waals surface area contributed by atoms with Crippen LogP contribution in [0, 0.1) is 23.2 Å². The number of hydrogen-bond donors (Lipinski definition) is 0. The number of rotatable bonds is 4. The van der Waals surface area contributed by atoms with E-state index in [2.05, 4.69) is 0 Å². The Morgan fingerprint density at radius 3 is 3.00 bits per heavy atom. The first-order valence-corrected chi connectivity index (χ1v) is 10.3. The van der Waals surface area contributed by atoms with Crippen LogP contribution >= 0.6 is 8.69 Å². The Kier molecular flexibility index (Phi) is 4.34. The lowest BCUT2D eigenvalue weighted by Crippen LogP contribution is -2.30. The van der Waals surface area contributed by atoms with E-state index in [1.807, 2.05) is 6.07 Å². The summed E-state index contributed by atoms with van der Waals surface area (Å²) in [6.45, 7) is 0. The maximum atomic E-state index is 11.0. The minimum absolute atomic E-state index is 0.150. The second-order valence-electron chi connectivity index (χ2n) is 7.60. The van der Waals surface area contributed by atoms with Crippen LogP contribution < -0.4 is 4.52 Å². The zero-order valence-electron chi connectivity index (χ0n) is 18.2. The van der Waals surface area contributed by atoms with Crippen LogP contribution in [0.15, 0.2) is 34.9 Å². The van der Waals surface area contributed by atoms with Crippen molar-refractivity contribution in [3.8, 4) is 11.8 Å². The average Bonchev–Trinajstić information content (AvgIpc) is 2.71. The van der Waals surface area contributed by atoms with E-state index in [1.54, 1.807) is 23.8 Å². The zero-order chi connectivity index (χ0) is 21.3. The maximum Gasteiger partial charge on any atom is 0.395 e. The lowest BCUT2D eigenvalue weighted by atomic mass is 9.62. The first-order valence-electron chi connectivity index (χ1n) is 11.1. The van der Waals surface area contributed by atoms with Gasteiger partial charge in [0.1, 0.15) is 11.8 Å². The van der Waals surface area contributed by atoms with E-state index < -0.39 is 15.7 Å². The van der Waals surface area contributed by atoms with Gasteiger partial charge in [-0.25, -0.2) is 4.57 Å².